The summed E-state index contributed by atoms with van der Waals surface area (Å²) in [7, 11) is 1.67. The Bertz CT molecular complexity index is 607. The smallest absolute Gasteiger partial charge is 0.124 e. The van der Waals surface area contributed by atoms with Gasteiger partial charge in [0.2, 0.25) is 0 Å². The zero-order valence-corrected chi connectivity index (χ0v) is 12.7. The van der Waals surface area contributed by atoms with Crippen LogP contribution in [-0.2, 0) is 12.4 Å². The van der Waals surface area contributed by atoms with E-state index in [0.29, 0.717) is 10.6 Å². The van der Waals surface area contributed by atoms with Gasteiger partial charge in [0.25, 0.3) is 0 Å². The Morgan fingerprint density at radius 2 is 2.26 bits per heavy atom. The quantitative estimate of drug-likeness (QED) is 0.788. The molecular formula is C14H17ClN2OS. The maximum absolute atomic E-state index is 6.05. The molecule has 1 aliphatic rings. The minimum atomic E-state index is 0.397. The molecule has 3 nitrogen and oxygen atoms in total. The first-order valence-electron chi connectivity index (χ1n) is 6.35. The van der Waals surface area contributed by atoms with E-state index in [-0.39, 0.29) is 0 Å². The summed E-state index contributed by atoms with van der Waals surface area (Å²) >= 11 is 8.00. The molecule has 0 unspecified atom stereocenters. The molecule has 1 aromatic carbocycles. The minimum Gasteiger partial charge on any atom is -0.497 e. The molecule has 0 amide bonds. The van der Waals surface area contributed by atoms with Crippen LogP contribution in [0.3, 0.4) is 0 Å². The van der Waals surface area contributed by atoms with Crippen LogP contribution >= 0.6 is 23.4 Å². The van der Waals surface area contributed by atoms with Crippen molar-refractivity contribution in [3.05, 3.63) is 24.0 Å². The zero-order valence-electron chi connectivity index (χ0n) is 11.1. The maximum Gasteiger partial charge on any atom is 0.124 e. The molecule has 0 saturated heterocycles. The van der Waals surface area contributed by atoms with Gasteiger partial charge in [-0.3, -0.25) is 0 Å². The number of ether oxygens (including phenoxy) is 1. The second-order valence-electron chi connectivity index (χ2n) is 4.99. The number of hydrogen-bond acceptors (Lipinski definition) is 3. The Morgan fingerprint density at radius 1 is 1.47 bits per heavy atom. The predicted octanol–water partition coefficient (Wildman–Crippen LogP) is 3.68. The van der Waals surface area contributed by atoms with Gasteiger partial charge in [-0.2, -0.15) is 11.8 Å². The van der Waals surface area contributed by atoms with Crippen LogP contribution in [0.15, 0.2) is 18.2 Å². The molecule has 1 heterocycles. The van der Waals surface area contributed by atoms with Crippen LogP contribution in [0.25, 0.3) is 11.0 Å². The number of methoxy groups -OCH3 is 1. The van der Waals surface area contributed by atoms with E-state index in [1.54, 1.807) is 7.11 Å². The van der Waals surface area contributed by atoms with E-state index in [0.717, 1.165) is 29.2 Å². The van der Waals surface area contributed by atoms with Crippen molar-refractivity contribution >= 4 is 34.4 Å². The van der Waals surface area contributed by atoms with Gasteiger partial charge in [0.15, 0.2) is 0 Å². The lowest BCUT2D eigenvalue weighted by Crippen LogP contribution is -2.15. The molecule has 3 rings (SSSR count). The molecule has 0 N–H and O–H groups in total. The molecule has 1 saturated carbocycles. The number of thioether (sulfide) groups is 1. The lowest BCUT2D eigenvalue weighted by molar-refractivity contribution is 0.415. The molecule has 0 atom stereocenters. The topological polar surface area (TPSA) is 27.1 Å². The Morgan fingerprint density at radius 3 is 2.84 bits per heavy atom. The van der Waals surface area contributed by atoms with E-state index in [1.165, 1.54) is 12.8 Å². The fraction of sp³-hybridized carbons (Fsp3) is 0.500. The second kappa shape index (κ2) is 4.91. The third-order valence-electron chi connectivity index (χ3n) is 3.84. The van der Waals surface area contributed by atoms with E-state index in [9.17, 15) is 0 Å². The minimum absolute atomic E-state index is 0.397. The number of benzene rings is 1. The summed E-state index contributed by atoms with van der Waals surface area (Å²) in [6, 6.07) is 6.03. The lowest BCUT2D eigenvalue weighted by atomic mass is 10.3. The van der Waals surface area contributed by atoms with Crippen LogP contribution in [0.5, 0.6) is 5.75 Å². The van der Waals surface area contributed by atoms with E-state index < -0.39 is 0 Å². The van der Waals surface area contributed by atoms with Crippen molar-refractivity contribution in [2.75, 3.05) is 13.4 Å². The summed E-state index contributed by atoms with van der Waals surface area (Å²) in [5, 5.41) is 0. The number of halogens is 1. The summed E-state index contributed by atoms with van der Waals surface area (Å²) in [4.78, 5) is 4.63. The van der Waals surface area contributed by atoms with Crippen molar-refractivity contribution in [2.24, 2.45) is 0 Å². The molecule has 0 aliphatic heterocycles. The average molecular weight is 297 g/mol. The molecule has 1 aliphatic carbocycles. The highest BCUT2D eigenvalue weighted by atomic mass is 35.5. The molecule has 0 radical (unpaired) electrons. The molecule has 0 bridgehead atoms. The van der Waals surface area contributed by atoms with E-state index in [4.69, 9.17) is 16.3 Å². The summed E-state index contributed by atoms with van der Waals surface area (Å²) < 4.78 is 7.92. The van der Waals surface area contributed by atoms with Crippen molar-refractivity contribution < 1.29 is 4.74 Å². The van der Waals surface area contributed by atoms with Gasteiger partial charge in [-0.1, -0.05) is 0 Å². The molecule has 2 aromatic rings. The molecule has 0 spiro atoms. The van der Waals surface area contributed by atoms with E-state index in [2.05, 4.69) is 21.9 Å². The maximum atomic E-state index is 6.05. The van der Waals surface area contributed by atoms with Crippen LogP contribution in [0.4, 0.5) is 0 Å². The highest BCUT2D eigenvalue weighted by molar-refractivity contribution is 8.00. The number of aromatic nitrogens is 2. The van der Waals surface area contributed by atoms with Gasteiger partial charge < -0.3 is 9.30 Å². The number of nitrogens with zero attached hydrogens (tertiary/aromatic N) is 2. The number of rotatable bonds is 5. The largest absolute Gasteiger partial charge is 0.497 e. The van der Waals surface area contributed by atoms with Crippen molar-refractivity contribution in [1.29, 1.82) is 0 Å². The Labute approximate surface area is 122 Å². The van der Waals surface area contributed by atoms with Gasteiger partial charge in [-0.15, -0.1) is 11.6 Å². The fourth-order valence-corrected chi connectivity index (χ4v) is 3.39. The third kappa shape index (κ3) is 2.32. The van der Waals surface area contributed by atoms with Crippen molar-refractivity contribution in [3.8, 4) is 5.75 Å². The first kappa shape index (κ1) is 13.1. The second-order valence-corrected chi connectivity index (χ2v) is 6.53. The van der Waals surface area contributed by atoms with Crippen LogP contribution < -0.4 is 4.74 Å². The Kier molecular flexibility index (Phi) is 3.39. The van der Waals surface area contributed by atoms with Gasteiger partial charge in [-0.05, 0) is 31.2 Å². The summed E-state index contributed by atoms with van der Waals surface area (Å²) in [5.41, 5.74) is 2.11. The Balaban J connectivity index is 2.06. The highest BCUT2D eigenvalue weighted by Gasteiger charge is 2.42. The van der Waals surface area contributed by atoms with Crippen LogP contribution in [0.1, 0.15) is 18.7 Å². The SMILES string of the molecule is COc1ccc2c(c1)nc(CCl)n2CC1(SC)CC1. The monoisotopic (exact) mass is 296 g/mol. The van der Waals surface area contributed by atoms with E-state index in [1.807, 2.05) is 23.9 Å². The van der Waals surface area contributed by atoms with Gasteiger partial charge in [0, 0.05) is 17.4 Å². The average Bonchev–Trinajstić information content (AvgIpc) is 3.14. The first-order valence-corrected chi connectivity index (χ1v) is 8.11. The summed E-state index contributed by atoms with van der Waals surface area (Å²) in [6.07, 6.45) is 4.76. The normalized spacial score (nSPS) is 16.8. The Hall–Kier alpha value is -0.870. The molecule has 102 valence electrons. The summed E-state index contributed by atoms with van der Waals surface area (Å²) in [5.74, 6) is 2.23. The van der Waals surface area contributed by atoms with Crippen molar-refractivity contribution in [2.45, 2.75) is 30.0 Å². The highest BCUT2D eigenvalue weighted by Crippen LogP contribution is 2.49. The van der Waals surface area contributed by atoms with E-state index >= 15 is 0 Å². The van der Waals surface area contributed by atoms with Crippen LogP contribution in [0.2, 0.25) is 0 Å². The van der Waals surface area contributed by atoms with Gasteiger partial charge >= 0.3 is 0 Å². The molecular weight excluding hydrogens is 280 g/mol. The predicted molar refractivity (Wildman–Crippen MR) is 81.3 cm³/mol. The molecule has 1 aromatic heterocycles. The van der Waals surface area contributed by atoms with Gasteiger partial charge in [0.1, 0.15) is 11.6 Å². The molecule has 5 heteroatoms. The van der Waals surface area contributed by atoms with Gasteiger partial charge in [-0.25, -0.2) is 4.98 Å². The summed E-state index contributed by atoms with van der Waals surface area (Å²) in [6.45, 7) is 0.999. The number of imidazole rings is 1. The lowest BCUT2D eigenvalue weighted by Gasteiger charge is -2.15. The van der Waals surface area contributed by atoms with Crippen LogP contribution in [-0.4, -0.2) is 27.7 Å². The number of alkyl halides is 1. The zero-order chi connectivity index (χ0) is 13.5. The standard InChI is InChI=1S/C14H17ClN2OS/c1-18-10-3-4-12-11(7-10)16-13(8-15)17(12)9-14(19-2)5-6-14/h3-4,7H,5-6,8-9H2,1-2H3. The molecule has 19 heavy (non-hydrogen) atoms. The van der Waals surface area contributed by atoms with Crippen molar-refractivity contribution in [1.82, 2.24) is 9.55 Å². The number of hydrogen-bond donors (Lipinski definition) is 0. The van der Waals surface area contributed by atoms with Crippen LogP contribution in [0, 0.1) is 0 Å². The third-order valence-corrected chi connectivity index (χ3v) is 5.48. The fourth-order valence-electron chi connectivity index (χ4n) is 2.42. The van der Waals surface area contributed by atoms with Gasteiger partial charge in [0.05, 0.1) is 24.0 Å². The molecule has 1 fully saturated rings. The first-order chi connectivity index (χ1) is 9.21. The van der Waals surface area contributed by atoms with Crippen molar-refractivity contribution in [3.63, 3.8) is 0 Å². The number of fused-ring (bicyclic) bond motifs is 1.